The van der Waals surface area contributed by atoms with E-state index in [1.807, 2.05) is 42.2 Å². The predicted octanol–water partition coefficient (Wildman–Crippen LogP) is 2.56. The largest absolute Gasteiger partial charge is 0.466 e. The van der Waals surface area contributed by atoms with Gasteiger partial charge in [-0.3, -0.25) is 4.79 Å². The van der Waals surface area contributed by atoms with Gasteiger partial charge in [0.15, 0.2) is 0 Å². The third kappa shape index (κ3) is 2.79. The van der Waals surface area contributed by atoms with Gasteiger partial charge in [0.2, 0.25) is 5.91 Å². The lowest BCUT2D eigenvalue weighted by Crippen LogP contribution is -2.63. The van der Waals surface area contributed by atoms with Gasteiger partial charge in [0.05, 0.1) is 18.4 Å². The first-order valence-corrected chi connectivity index (χ1v) is 7.50. The minimum absolute atomic E-state index is 0.0786. The van der Waals surface area contributed by atoms with E-state index in [4.69, 9.17) is 9.15 Å². The molecule has 0 bridgehead atoms. The van der Waals surface area contributed by atoms with Crippen LogP contribution in [0.5, 0.6) is 0 Å². The Kier molecular flexibility index (Phi) is 4.03. The van der Waals surface area contributed by atoms with E-state index < -0.39 is 0 Å². The number of furan rings is 1. The summed E-state index contributed by atoms with van der Waals surface area (Å²) in [6.07, 6.45) is 0.325. The SMILES string of the molecule is COCC1(c2ccccc2)CN(C(=O)Cc2ccc(C)o2)C1. The maximum absolute atomic E-state index is 12.4. The average molecular weight is 299 g/mol. The van der Waals surface area contributed by atoms with Gasteiger partial charge in [-0.2, -0.15) is 0 Å². The molecule has 0 spiro atoms. The van der Waals surface area contributed by atoms with E-state index in [0.717, 1.165) is 11.5 Å². The van der Waals surface area contributed by atoms with Crippen molar-refractivity contribution in [3.8, 4) is 0 Å². The second kappa shape index (κ2) is 5.97. The van der Waals surface area contributed by atoms with Crippen LogP contribution in [0.2, 0.25) is 0 Å². The molecule has 1 aromatic heterocycles. The van der Waals surface area contributed by atoms with E-state index in [0.29, 0.717) is 26.1 Å². The van der Waals surface area contributed by atoms with Gasteiger partial charge in [-0.05, 0) is 24.6 Å². The monoisotopic (exact) mass is 299 g/mol. The third-order valence-corrected chi connectivity index (χ3v) is 4.27. The summed E-state index contributed by atoms with van der Waals surface area (Å²) in [5.74, 6) is 1.67. The van der Waals surface area contributed by atoms with Crippen molar-refractivity contribution in [3.05, 3.63) is 59.5 Å². The van der Waals surface area contributed by atoms with Crippen LogP contribution < -0.4 is 0 Å². The number of hydrogen-bond acceptors (Lipinski definition) is 3. The van der Waals surface area contributed by atoms with Crippen molar-refractivity contribution >= 4 is 5.91 Å². The van der Waals surface area contributed by atoms with Crippen LogP contribution in [-0.2, 0) is 21.4 Å². The minimum atomic E-state index is -0.0786. The van der Waals surface area contributed by atoms with E-state index in [2.05, 4.69) is 12.1 Å². The Labute approximate surface area is 130 Å². The second-order valence-corrected chi connectivity index (χ2v) is 6.02. The fourth-order valence-corrected chi connectivity index (χ4v) is 3.13. The van der Waals surface area contributed by atoms with Gasteiger partial charge in [0.1, 0.15) is 11.5 Å². The lowest BCUT2D eigenvalue weighted by molar-refractivity contribution is -0.140. The van der Waals surface area contributed by atoms with E-state index in [1.54, 1.807) is 7.11 Å². The molecule has 1 amide bonds. The quantitative estimate of drug-likeness (QED) is 0.852. The van der Waals surface area contributed by atoms with E-state index in [1.165, 1.54) is 5.56 Å². The maximum atomic E-state index is 12.4. The molecule has 1 aliphatic heterocycles. The molecular weight excluding hydrogens is 278 g/mol. The van der Waals surface area contributed by atoms with E-state index in [-0.39, 0.29) is 11.3 Å². The molecule has 0 radical (unpaired) electrons. The fraction of sp³-hybridized carbons (Fsp3) is 0.389. The number of carbonyl (C=O) groups excluding carboxylic acids is 1. The first kappa shape index (κ1) is 14.9. The first-order chi connectivity index (χ1) is 10.6. The van der Waals surface area contributed by atoms with Crippen LogP contribution in [0.1, 0.15) is 17.1 Å². The Bertz CT molecular complexity index is 641. The third-order valence-electron chi connectivity index (χ3n) is 4.27. The molecule has 116 valence electrons. The smallest absolute Gasteiger partial charge is 0.230 e. The Hall–Kier alpha value is -2.07. The molecule has 0 N–H and O–H groups in total. The summed E-state index contributed by atoms with van der Waals surface area (Å²) in [6, 6.07) is 14.0. The number of nitrogens with zero attached hydrogens (tertiary/aromatic N) is 1. The van der Waals surface area contributed by atoms with Gasteiger partial charge in [-0.25, -0.2) is 0 Å². The highest BCUT2D eigenvalue weighted by molar-refractivity contribution is 5.79. The zero-order valence-corrected chi connectivity index (χ0v) is 13.0. The highest BCUT2D eigenvalue weighted by atomic mass is 16.5. The van der Waals surface area contributed by atoms with Crippen molar-refractivity contribution in [2.24, 2.45) is 0 Å². The molecule has 1 aromatic carbocycles. The topological polar surface area (TPSA) is 42.7 Å². The number of methoxy groups -OCH3 is 1. The Morgan fingerprint density at radius 3 is 2.55 bits per heavy atom. The lowest BCUT2D eigenvalue weighted by atomic mass is 9.74. The maximum Gasteiger partial charge on any atom is 0.230 e. The standard InChI is InChI=1S/C18H21NO3/c1-14-8-9-16(22-14)10-17(20)19-11-18(12-19,13-21-2)15-6-4-3-5-7-15/h3-9H,10-13H2,1-2H3. The zero-order valence-electron chi connectivity index (χ0n) is 13.0. The minimum Gasteiger partial charge on any atom is -0.466 e. The van der Waals surface area contributed by atoms with Crippen LogP contribution in [0.25, 0.3) is 0 Å². The molecule has 0 aliphatic carbocycles. The number of ether oxygens (including phenoxy) is 1. The van der Waals surface area contributed by atoms with Crippen LogP contribution in [0.3, 0.4) is 0 Å². The van der Waals surface area contributed by atoms with Crippen molar-refractivity contribution in [2.75, 3.05) is 26.8 Å². The molecule has 1 saturated heterocycles. The molecule has 1 aliphatic rings. The number of benzene rings is 1. The number of likely N-dealkylation sites (tertiary alicyclic amines) is 1. The zero-order chi connectivity index (χ0) is 15.6. The normalized spacial score (nSPS) is 16.4. The first-order valence-electron chi connectivity index (χ1n) is 7.50. The predicted molar refractivity (Wildman–Crippen MR) is 83.7 cm³/mol. The molecule has 0 atom stereocenters. The van der Waals surface area contributed by atoms with Gasteiger partial charge < -0.3 is 14.1 Å². The van der Waals surface area contributed by atoms with Gasteiger partial charge >= 0.3 is 0 Å². The van der Waals surface area contributed by atoms with Crippen LogP contribution in [0, 0.1) is 6.92 Å². The van der Waals surface area contributed by atoms with Crippen LogP contribution in [-0.4, -0.2) is 37.6 Å². The van der Waals surface area contributed by atoms with Crippen molar-refractivity contribution in [3.63, 3.8) is 0 Å². The number of amides is 1. The number of hydrogen-bond donors (Lipinski definition) is 0. The molecule has 0 unspecified atom stereocenters. The van der Waals surface area contributed by atoms with Crippen molar-refractivity contribution in [2.45, 2.75) is 18.8 Å². The molecule has 1 fully saturated rings. The molecule has 4 nitrogen and oxygen atoms in total. The number of carbonyl (C=O) groups is 1. The molecule has 22 heavy (non-hydrogen) atoms. The molecule has 0 saturated carbocycles. The van der Waals surface area contributed by atoms with Gasteiger partial charge in [-0.15, -0.1) is 0 Å². The summed E-state index contributed by atoms with van der Waals surface area (Å²) < 4.78 is 10.9. The molecule has 4 heteroatoms. The van der Waals surface area contributed by atoms with Crippen molar-refractivity contribution in [1.82, 2.24) is 4.90 Å². The summed E-state index contributed by atoms with van der Waals surface area (Å²) in [4.78, 5) is 14.2. The summed E-state index contributed by atoms with van der Waals surface area (Å²) in [7, 11) is 1.71. The Morgan fingerprint density at radius 1 is 1.23 bits per heavy atom. The van der Waals surface area contributed by atoms with Crippen LogP contribution in [0.4, 0.5) is 0 Å². The van der Waals surface area contributed by atoms with Crippen molar-refractivity contribution < 1.29 is 13.9 Å². The molecule has 3 rings (SSSR count). The summed E-state index contributed by atoms with van der Waals surface area (Å²) >= 11 is 0. The lowest BCUT2D eigenvalue weighted by Gasteiger charge is -2.50. The van der Waals surface area contributed by atoms with E-state index >= 15 is 0 Å². The Morgan fingerprint density at radius 2 is 1.95 bits per heavy atom. The van der Waals surface area contributed by atoms with Crippen LogP contribution in [0.15, 0.2) is 46.9 Å². The fourth-order valence-electron chi connectivity index (χ4n) is 3.13. The summed E-state index contributed by atoms with van der Waals surface area (Å²) in [5.41, 5.74) is 1.15. The molecule has 2 heterocycles. The number of aryl methyl sites for hydroxylation is 1. The van der Waals surface area contributed by atoms with Gasteiger partial charge in [0.25, 0.3) is 0 Å². The highest BCUT2D eigenvalue weighted by Gasteiger charge is 2.46. The Balaban J connectivity index is 1.66. The van der Waals surface area contributed by atoms with Crippen molar-refractivity contribution in [1.29, 1.82) is 0 Å². The second-order valence-electron chi connectivity index (χ2n) is 6.02. The summed E-state index contributed by atoms with van der Waals surface area (Å²) in [6.45, 7) is 3.91. The van der Waals surface area contributed by atoms with Gasteiger partial charge in [0, 0.05) is 20.2 Å². The highest BCUT2D eigenvalue weighted by Crippen LogP contribution is 2.35. The average Bonchev–Trinajstić information content (AvgIpc) is 2.88. The van der Waals surface area contributed by atoms with E-state index in [9.17, 15) is 4.79 Å². The molecular formula is C18H21NO3. The van der Waals surface area contributed by atoms with Crippen LogP contribution >= 0.6 is 0 Å². The number of rotatable bonds is 5. The van der Waals surface area contributed by atoms with Gasteiger partial charge in [-0.1, -0.05) is 30.3 Å². The summed E-state index contributed by atoms with van der Waals surface area (Å²) in [5, 5.41) is 0. The molecule has 2 aromatic rings.